The highest BCUT2D eigenvalue weighted by Gasteiger charge is 2.30. The van der Waals surface area contributed by atoms with Crippen molar-refractivity contribution in [2.45, 2.75) is 25.7 Å². The van der Waals surface area contributed by atoms with Crippen molar-refractivity contribution in [3.63, 3.8) is 0 Å². The SMILES string of the molecule is Cc1ccc(-c2noc(C3CCN(S(=O)(=O)/C=C/c4ccccc4)CC3)n2)cc1. The monoisotopic (exact) mass is 409 g/mol. The van der Waals surface area contributed by atoms with E-state index in [0.29, 0.717) is 37.6 Å². The van der Waals surface area contributed by atoms with Gasteiger partial charge in [0.1, 0.15) is 0 Å². The maximum absolute atomic E-state index is 12.6. The summed E-state index contributed by atoms with van der Waals surface area (Å²) >= 11 is 0. The first kappa shape index (κ1) is 19.5. The second kappa shape index (κ2) is 8.31. The smallest absolute Gasteiger partial charge is 0.236 e. The molecule has 0 bridgehead atoms. The van der Waals surface area contributed by atoms with Crippen molar-refractivity contribution in [3.8, 4) is 11.4 Å². The Labute approximate surface area is 170 Å². The number of sulfonamides is 1. The normalized spacial score (nSPS) is 16.4. The molecule has 3 aromatic rings. The van der Waals surface area contributed by atoms with Crippen LogP contribution in [0.1, 0.15) is 35.8 Å². The predicted molar refractivity (Wildman–Crippen MR) is 112 cm³/mol. The van der Waals surface area contributed by atoms with Gasteiger partial charge in [0.25, 0.3) is 0 Å². The van der Waals surface area contributed by atoms with Gasteiger partial charge in [-0.05, 0) is 31.4 Å². The van der Waals surface area contributed by atoms with Crippen molar-refractivity contribution >= 4 is 16.1 Å². The molecule has 6 nitrogen and oxygen atoms in total. The minimum atomic E-state index is -3.44. The Morgan fingerprint density at radius 2 is 1.72 bits per heavy atom. The van der Waals surface area contributed by atoms with E-state index >= 15 is 0 Å². The molecule has 0 radical (unpaired) electrons. The second-order valence-electron chi connectivity index (χ2n) is 7.25. The molecule has 0 aliphatic carbocycles. The van der Waals surface area contributed by atoms with Crippen LogP contribution in [0.5, 0.6) is 0 Å². The molecule has 29 heavy (non-hydrogen) atoms. The third kappa shape index (κ3) is 4.63. The molecule has 1 aliphatic rings. The summed E-state index contributed by atoms with van der Waals surface area (Å²) in [5, 5.41) is 5.38. The summed E-state index contributed by atoms with van der Waals surface area (Å²) in [5.74, 6) is 1.23. The molecular weight excluding hydrogens is 386 g/mol. The van der Waals surface area contributed by atoms with Crippen molar-refractivity contribution in [1.82, 2.24) is 14.4 Å². The fourth-order valence-electron chi connectivity index (χ4n) is 3.39. The van der Waals surface area contributed by atoms with Gasteiger partial charge in [0.15, 0.2) is 0 Å². The lowest BCUT2D eigenvalue weighted by atomic mass is 9.98. The second-order valence-corrected chi connectivity index (χ2v) is 9.07. The summed E-state index contributed by atoms with van der Waals surface area (Å²) in [4.78, 5) is 4.54. The van der Waals surface area contributed by atoms with E-state index in [1.165, 1.54) is 15.3 Å². The first-order valence-corrected chi connectivity index (χ1v) is 11.2. The molecule has 0 amide bonds. The molecule has 0 N–H and O–H groups in total. The van der Waals surface area contributed by atoms with Crippen LogP contribution in [0.2, 0.25) is 0 Å². The molecule has 1 aliphatic heterocycles. The molecule has 0 saturated carbocycles. The van der Waals surface area contributed by atoms with Gasteiger partial charge in [0.2, 0.25) is 21.7 Å². The lowest BCUT2D eigenvalue weighted by Gasteiger charge is -2.28. The Balaban J connectivity index is 1.39. The zero-order valence-electron chi connectivity index (χ0n) is 16.2. The van der Waals surface area contributed by atoms with Gasteiger partial charge in [-0.3, -0.25) is 0 Å². The standard InChI is InChI=1S/C22H23N3O3S/c1-17-7-9-19(10-8-17)21-23-22(28-24-21)20-11-14-25(15-12-20)29(26,27)16-13-18-5-3-2-4-6-18/h2-10,13,16,20H,11-12,14-15H2,1H3/b16-13+. The number of aryl methyl sites for hydroxylation is 1. The minimum absolute atomic E-state index is 0.0752. The van der Waals surface area contributed by atoms with Gasteiger partial charge in [-0.25, -0.2) is 8.42 Å². The summed E-state index contributed by atoms with van der Waals surface area (Å²) in [7, 11) is -3.44. The number of hydrogen-bond donors (Lipinski definition) is 0. The summed E-state index contributed by atoms with van der Waals surface area (Å²) in [6.45, 7) is 2.91. The molecule has 2 aromatic carbocycles. The van der Waals surface area contributed by atoms with E-state index in [0.717, 1.165) is 11.1 Å². The van der Waals surface area contributed by atoms with E-state index in [1.54, 1.807) is 6.08 Å². The van der Waals surface area contributed by atoms with Crippen LogP contribution in [0.25, 0.3) is 17.5 Å². The average molecular weight is 410 g/mol. The van der Waals surface area contributed by atoms with Crippen LogP contribution < -0.4 is 0 Å². The Hall–Kier alpha value is -2.77. The van der Waals surface area contributed by atoms with Gasteiger partial charge in [0, 0.05) is 30.0 Å². The van der Waals surface area contributed by atoms with E-state index in [-0.39, 0.29) is 5.92 Å². The van der Waals surface area contributed by atoms with Crippen molar-refractivity contribution in [2.24, 2.45) is 0 Å². The molecule has 150 valence electrons. The van der Waals surface area contributed by atoms with Crippen molar-refractivity contribution < 1.29 is 12.9 Å². The molecule has 1 saturated heterocycles. The summed E-state index contributed by atoms with van der Waals surface area (Å²) < 4.78 is 32.2. The van der Waals surface area contributed by atoms with Gasteiger partial charge >= 0.3 is 0 Å². The van der Waals surface area contributed by atoms with Crippen molar-refractivity contribution in [3.05, 3.63) is 77.0 Å². The van der Waals surface area contributed by atoms with Crippen LogP contribution >= 0.6 is 0 Å². The maximum Gasteiger partial charge on any atom is 0.236 e. The predicted octanol–water partition coefficient (Wildman–Crippen LogP) is 4.23. The molecule has 2 heterocycles. The van der Waals surface area contributed by atoms with Gasteiger partial charge in [-0.1, -0.05) is 65.3 Å². The van der Waals surface area contributed by atoms with Crippen molar-refractivity contribution in [1.29, 1.82) is 0 Å². The third-order valence-corrected chi connectivity index (χ3v) is 6.71. The Kier molecular flexibility index (Phi) is 5.60. The Morgan fingerprint density at radius 3 is 2.41 bits per heavy atom. The molecular formula is C22H23N3O3S. The number of aromatic nitrogens is 2. The molecule has 0 spiro atoms. The highest BCUT2D eigenvalue weighted by molar-refractivity contribution is 7.92. The zero-order chi connectivity index (χ0) is 20.3. The maximum atomic E-state index is 12.6. The van der Waals surface area contributed by atoms with Crippen LogP contribution in [0, 0.1) is 6.92 Å². The third-order valence-electron chi connectivity index (χ3n) is 5.15. The number of nitrogens with zero attached hydrogens (tertiary/aromatic N) is 3. The van der Waals surface area contributed by atoms with Gasteiger partial charge in [0.05, 0.1) is 0 Å². The average Bonchev–Trinajstić information content (AvgIpc) is 3.24. The van der Waals surface area contributed by atoms with E-state index < -0.39 is 10.0 Å². The molecule has 1 fully saturated rings. The van der Waals surface area contributed by atoms with Gasteiger partial charge in [-0.2, -0.15) is 9.29 Å². The first-order chi connectivity index (χ1) is 14.0. The molecule has 1 aromatic heterocycles. The first-order valence-electron chi connectivity index (χ1n) is 9.65. The van der Waals surface area contributed by atoms with Crippen LogP contribution in [0.3, 0.4) is 0 Å². The largest absolute Gasteiger partial charge is 0.339 e. The number of hydrogen-bond acceptors (Lipinski definition) is 5. The van der Waals surface area contributed by atoms with Crippen LogP contribution in [0.4, 0.5) is 0 Å². The van der Waals surface area contributed by atoms with Crippen LogP contribution in [0.15, 0.2) is 64.5 Å². The highest BCUT2D eigenvalue weighted by atomic mass is 32.2. The van der Waals surface area contributed by atoms with Gasteiger partial charge < -0.3 is 4.52 Å². The van der Waals surface area contributed by atoms with Crippen molar-refractivity contribution in [2.75, 3.05) is 13.1 Å². The Bertz CT molecular complexity index is 1080. The van der Waals surface area contributed by atoms with E-state index in [4.69, 9.17) is 4.52 Å². The van der Waals surface area contributed by atoms with Crippen LogP contribution in [-0.4, -0.2) is 36.0 Å². The van der Waals surface area contributed by atoms with E-state index in [9.17, 15) is 8.42 Å². The highest BCUT2D eigenvalue weighted by Crippen LogP contribution is 2.30. The quantitative estimate of drug-likeness (QED) is 0.630. The summed E-state index contributed by atoms with van der Waals surface area (Å²) in [6.07, 6.45) is 2.95. The fourth-order valence-corrected chi connectivity index (χ4v) is 4.61. The number of rotatable bonds is 5. The molecule has 4 rings (SSSR count). The van der Waals surface area contributed by atoms with E-state index in [2.05, 4.69) is 10.1 Å². The van der Waals surface area contributed by atoms with E-state index in [1.807, 2.05) is 61.5 Å². The molecule has 0 unspecified atom stereocenters. The topological polar surface area (TPSA) is 76.3 Å². The molecule has 7 heteroatoms. The number of piperidine rings is 1. The minimum Gasteiger partial charge on any atom is -0.339 e. The Morgan fingerprint density at radius 1 is 1.03 bits per heavy atom. The number of benzene rings is 2. The summed E-state index contributed by atoms with van der Waals surface area (Å²) in [5.41, 5.74) is 2.95. The summed E-state index contributed by atoms with van der Waals surface area (Å²) in [6, 6.07) is 17.4. The zero-order valence-corrected chi connectivity index (χ0v) is 17.0. The lowest BCUT2D eigenvalue weighted by molar-refractivity contribution is 0.272. The fraction of sp³-hybridized carbons (Fsp3) is 0.273. The lowest BCUT2D eigenvalue weighted by Crippen LogP contribution is -2.36. The molecule has 0 atom stereocenters. The van der Waals surface area contributed by atoms with Crippen LogP contribution in [-0.2, 0) is 10.0 Å². The van der Waals surface area contributed by atoms with Gasteiger partial charge in [-0.15, -0.1) is 0 Å².